The largest absolute Gasteiger partial charge is 0.264 e. The van der Waals surface area contributed by atoms with Crippen molar-refractivity contribution in [2.75, 3.05) is 0 Å². The molecule has 0 unspecified atom stereocenters. The van der Waals surface area contributed by atoms with Gasteiger partial charge in [0.25, 0.3) is 0 Å². The maximum atomic E-state index is 4.30. The van der Waals surface area contributed by atoms with Gasteiger partial charge in [0.15, 0.2) is 0 Å². The Bertz CT molecular complexity index is 1940. The molecule has 0 aliphatic carbocycles. The summed E-state index contributed by atoms with van der Waals surface area (Å²) < 4.78 is 5.29. The van der Waals surface area contributed by atoms with Crippen molar-refractivity contribution in [1.82, 2.24) is 9.97 Å². The quantitative estimate of drug-likeness (QED) is 0.239. The van der Waals surface area contributed by atoms with Crippen molar-refractivity contribution in [3.8, 4) is 22.3 Å². The zero-order chi connectivity index (χ0) is 23.6. The van der Waals surface area contributed by atoms with Crippen molar-refractivity contribution in [1.29, 1.82) is 0 Å². The summed E-state index contributed by atoms with van der Waals surface area (Å²) in [4.78, 5) is 8.59. The molecule has 4 aromatic heterocycles. The van der Waals surface area contributed by atoms with Crippen LogP contribution in [0.5, 0.6) is 0 Å². The normalized spacial score (nSPS) is 11.9. The average Bonchev–Trinajstić information content (AvgIpc) is 3.51. The molecule has 0 aliphatic heterocycles. The molecule has 4 heterocycles. The van der Waals surface area contributed by atoms with Crippen LogP contribution < -0.4 is 0 Å². The van der Waals surface area contributed by atoms with Crippen LogP contribution in [-0.2, 0) is 0 Å². The van der Waals surface area contributed by atoms with Gasteiger partial charge in [-0.1, -0.05) is 48.5 Å². The highest BCUT2D eigenvalue weighted by molar-refractivity contribution is 7.26. The molecule has 0 radical (unpaired) electrons. The van der Waals surface area contributed by atoms with Crippen LogP contribution in [0.15, 0.2) is 110 Å². The van der Waals surface area contributed by atoms with E-state index in [1.165, 1.54) is 62.2 Å². The predicted octanol–water partition coefficient (Wildman–Crippen LogP) is 9.70. The fourth-order valence-corrected chi connectivity index (χ4v) is 7.70. The molecule has 0 saturated heterocycles. The van der Waals surface area contributed by atoms with Crippen molar-refractivity contribution < 1.29 is 0 Å². The molecule has 0 atom stereocenters. The Kier molecular flexibility index (Phi) is 4.30. The minimum Gasteiger partial charge on any atom is -0.264 e. The smallest absolute Gasteiger partial charge is 0.0361 e. The molecule has 168 valence electrons. The van der Waals surface area contributed by atoms with Gasteiger partial charge in [0.05, 0.1) is 0 Å². The summed E-state index contributed by atoms with van der Waals surface area (Å²) in [5.41, 5.74) is 4.72. The summed E-state index contributed by atoms with van der Waals surface area (Å²) in [6.45, 7) is 0. The number of nitrogens with zero attached hydrogens (tertiary/aromatic N) is 2. The number of aromatic nitrogens is 2. The summed E-state index contributed by atoms with van der Waals surface area (Å²) in [5, 5.41) is 8.03. The number of fused-ring (bicyclic) bond motifs is 9. The molecule has 2 nitrogen and oxygen atoms in total. The van der Waals surface area contributed by atoms with Crippen molar-refractivity contribution in [3.63, 3.8) is 0 Å². The van der Waals surface area contributed by atoms with Gasteiger partial charge in [0.2, 0.25) is 0 Å². The van der Waals surface area contributed by atoms with Crippen LogP contribution in [0.1, 0.15) is 0 Å². The molecule has 8 aromatic rings. The van der Waals surface area contributed by atoms with E-state index in [9.17, 15) is 0 Å². The molecular formula is C32H18N2S2. The maximum absolute atomic E-state index is 4.30. The minimum atomic E-state index is 1.15. The molecule has 0 saturated carbocycles. The highest BCUT2D eigenvalue weighted by atomic mass is 32.1. The third-order valence-electron chi connectivity index (χ3n) is 7.06. The van der Waals surface area contributed by atoms with Gasteiger partial charge in [0.1, 0.15) is 0 Å². The first-order valence-corrected chi connectivity index (χ1v) is 13.5. The summed E-state index contributed by atoms with van der Waals surface area (Å²) in [6, 6.07) is 31.1. The molecule has 0 N–H and O–H groups in total. The molecule has 0 amide bonds. The van der Waals surface area contributed by atoms with Gasteiger partial charge in [-0.2, -0.15) is 0 Å². The van der Waals surface area contributed by atoms with Gasteiger partial charge < -0.3 is 0 Å². The number of hydrogen-bond acceptors (Lipinski definition) is 4. The van der Waals surface area contributed by atoms with E-state index in [0.29, 0.717) is 0 Å². The second-order valence-corrected chi connectivity index (χ2v) is 11.2. The lowest BCUT2D eigenvalue weighted by molar-refractivity contribution is 1.33. The van der Waals surface area contributed by atoms with Crippen molar-refractivity contribution >= 4 is 73.8 Å². The second-order valence-electron chi connectivity index (χ2n) is 9.08. The van der Waals surface area contributed by atoms with Gasteiger partial charge >= 0.3 is 0 Å². The van der Waals surface area contributed by atoms with Crippen molar-refractivity contribution in [3.05, 3.63) is 110 Å². The Balaban J connectivity index is 1.37. The van der Waals surface area contributed by atoms with Gasteiger partial charge in [-0.25, -0.2) is 0 Å². The fraction of sp³-hybridized carbons (Fsp3) is 0. The van der Waals surface area contributed by atoms with Crippen LogP contribution in [0.25, 0.3) is 73.4 Å². The first kappa shape index (κ1) is 20.1. The standard InChI is InChI=1S/C32H18N2S2/c1-3-21(17-33-13-1)19-5-7-25-29(15-19)35-27-11-9-24-23(31(25)27)10-12-28-32(24)26-8-6-20(16-30(26)36-28)22-4-2-14-34-18-22/h1-18H. The van der Waals surface area contributed by atoms with Gasteiger partial charge in [-0.15, -0.1) is 22.7 Å². The van der Waals surface area contributed by atoms with E-state index < -0.39 is 0 Å². The Morgan fingerprint density at radius 3 is 1.33 bits per heavy atom. The maximum Gasteiger partial charge on any atom is 0.0361 e. The lowest BCUT2D eigenvalue weighted by Gasteiger charge is -2.05. The molecule has 4 heteroatoms. The molecule has 0 bridgehead atoms. The van der Waals surface area contributed by atoms with Crippen LogP contribution in [0.2, 0.25) is 0 Å². The zero-order valence-corrected chi connectivity index (χ0v) is 20.7. The van der Waals surface area contributed by atoms with Crippen LogP contribution in [0.3, 0.4) is 0 Å². The predicted molar refractivity (Wildman–Crippen MR) is 156 cm³/mol. The molecule has 0 spiro atoms. The second kappa shape index (κ2) is 7.69. The SMILES string of the molecule is c1cncc(-c2ccc3c(c2)sc2ccc4c(ccc5sc6cc(-c7cccnc7)ccc6c54)c23)c1. The van der Waals surface area contributed by atoms with E-state index in [4.69, 9.17) is 0 Å². The number of hydrogen-bond donors (Lipinski definition) is 0. The van der Waals surface area contributed by atoms with Crippen LogP contribution in [-0.4, -0.2) is 9.97 Å². The molecule has 8 rings (SSSR count). The topological polar surface area (TPSA) is 25.8 Å². The molecule has 0 aliphatic rings. The molecule has 36 heavy (non-hydrogen) atoms. The van der Waals surface area contributed by atoms with Crippen LogP contribution in [0.4, 0.5) is 0 Å². The third kappa shape index (κ3) is 2.95. The van der Waals surface area contributed by atoms with E-state index >= 15 is 0 Å². The van der Waals surface area contributed by atoms with E-state index in [-0.39, 0.29) is 0 Å². The van der Waals surface area contributed by atoms with Crippen LogP contribution >= 0.6 is 22.7 Å². The molecule has 0 fully saturated rings. The Hall–Kier alpha value is -4.12. The van der Waals surface area contributed by atoms with E-state index in [1.54, 1.807) is 0 Å². The molecular weight excluding hydrogens is 477 g/mol. The third-order valence-corrected chi connectivity index (χ3v) is 9.29. The highest BCUT2D eigenvalue weighted by Gasteiger charge is 2.15. The lowest BCUT2D eigenvalue weighted by atomic mass is 9.98. The summed E-state index contributed by atoms with van der Waals surface area (Å²) in [7, 11) is 0. The van der Waals surface area contributed by atoms with Gasteiger partial charge in [-0.05, 0) is 58.3 Å². The summed E-state index contributed by atoms with van der Waals surface area (Å²) in [5.74, 6) is 0. The van der Waals surface area contributed by atoms with Crippen molar-refractivity contribution in [2.45, 2.75) is 0 Å². The first-order valence-electron chi connectivity index (χ1n) is 11.9. The zero-order valence-electron chi connectivity index (χ0n) is 19.1. The monoisotopic (exact) mass is 494 g/mol. The van der Waals surface area contributed by atoms with Crippen LogP contribution in [0, 0.1) is 0 Å². The Labute approximate surface area is 215 Å². The van der Waals surface area contributed by atoms with Gasteiger partial charge in [0, 0.05) is 76.3 Å². The number of pyridine rings is 2. The van der Waals surface area contributed by atoms with E-state index in [2.05, 4.69) is 82.8 Å². The highest BCUT2D eigenvalue weighted by Crippen LogP contribution is 2.45. The summed E-state index contributed by atoms with van der Waals surface area (Å²) in [6.07, 6.45) is 7.51. The lowest BCUT2D eigenvalue weighted by Crippen LogP contribution is -1.80. The first-order chi connectivity index (χ1) is 17.8. The van der Waals surface area contributed by atoms with E-state index in [0.717, 1.165) is 11.1 Å². The van der Waals surface area contributed by atoms with Crippen molar-refractivity contribution in [2.24, 2.45) is 0 Å². The number of rotatable bonds is 2. The Morgan fingerprint density at radius 2 is 0.889 bits per heavy atom. The number of benzene rings is 4. The minimum absolute atomic E-state index is 1.15. The van der Waals surface area contributed by atoms with E-state index in [1.807, 2.05) is 59.6 Å². The average molecular weight is 495 g/mol. The Morgan fingerprint density at radius 1 is 0.417 bits per heavy atom. The van der Waals surface area contributed by atoms with Gasteiger partial charge in [-0.3, -0.25) is 9.97 Å². The summed E-state index contributed by atoms with van der Waals surface area (Å²) >= 11 is 3.74. The molecule has 4 aromatic carbocycles. The number of thiophene rings is 2. The fourth-order valence-electron chi connectivity index (χ4n) is 5.38.